The second-order valence-corrected chi connectivity index (χ2v) is 5.43. The van der Waals surface area contributed by atoms with Crippen LogP contribution in [0.3, 0.4) is 0 Å². The van der Waals surface area contributed by atoms with E-state index in [0.29, 0.717) is 19.3 Å². The smallest absolute Gasteiger partial charge is 0.119 e. The van der Waals surface area contributed by atoms with Gasteiger partial charge >= 0.3 is 0 Å². The van der Waals surface area contributed by atoms with E-state index in [1.54, 1.807) is 7.11 Å². The van der Waals surface area contributed by atoms with Crippen LogP contribution in [0.15, 0.2) is 24.3 Å². The van der Waals surface area contributed by atoms with E-state index in [4.69, 9.17) is 14.2 Å². The van der Waals surface area contributed by atoms with E-state index in [9.17, 15) is 0 Å². The Morgan fingerprint density at radius 3 is 2.81 bits per heavy atom. The van der Waals surface area contributed by atoms with Crippen LogP contribution in [0.4, 0.5) is 0 Å². The van der Waals surface area contributed by atoms with Gasteiger partial charge in [0.25, 0.3) is 0 Å². The third kappa shape index (κ3) is 6.04. The summed E-state index contributed by atoms with van der Waals surface area (Å²) >= 11 is 0. The summed E-state index contributed by atoms with van der Waals surface area (Å²) in [5.41, 5.74) is 1.15. The van der Waals surface area contributed by atoms with Crippen molar-refractivity contribution >= 4 is 0 Å². The van der Waals surface area contributed by atoms with Gasteiger partial charge in [0.2, 0.25) is 0 Å². The molecule has 1 unspecified atom stereocenters. The molecule has 0 heterocycles. The number of nitrogens with one attached hydrogen (secondary N) is 1. The average Bonchev–Trinajstić information content (AvgIpc) is 3.34. The molecule has 1 aliphatic rings. The fourth-order valence-corrected chi connectivity index (χ4v) is 2.17. The molecule has 1 aromatic rings. The molecule has 4 nitrogen and oxygen atoms in total. The van der Waals surface area contributed by atoms with Crippen LogP contribution in [0.25, 0.3) is 0 Å². The van der Waals surface area contributed by atoms with E-state index in [1.807, 2.05) is 18.2 Å². The Kier molecular flexibility index (Phi) is 7.00. The highest BCUT2D eigenvalue weighted by Crippen LogP contribution is 2.24. The molecule has 0 saturated heterocycles. The Balaban J connectivity index is 1.86. The fourth-order valence-electron chi connectivity index (χ4n) is 2.17. The monoisotopic (exact) mass is 293 g/mol. The van der Waals surface area contributed by atoms with Crippen LogP contribution in [0.1, 0.15) is 37.9 Å². The lowest BCUT2D eigenvalue weighted by molar-refractivity contribution is 0.00405. The van der Waals surface area contributed by atoms with Crippen LogP contribution in [-0.2, 0) is 9.47 Å². The normalized spacial score (nSPS) is 15.9. The van der Waals surface area contributed by atoms with Crippen LogP contribution in [-0.4, -0.2) is 39.5 Å². The van der Waals surface area contributed by atoms with Crippen molar-refractivity contribution in [1.82, 2.24) is 5.32 Å². The molecule has 1 aromatic carbocycles. The third-order valence-corrected chi connectivity index (χ3v) is 3.53. The van der Waals surface area contributed by atoms with Crippen molar-refractivity contribution in [3.8, 4) is 5.75 Å². The summed E-state index contributed by atoms with van der Waals surface area (Å²) < 4.78 is 16.8. The van der Waals surface area contributed by atoms with Gasteiger partial charge in [-0.25, -0.2) is 0 Å². The molecular weight excluding hydrogens is 266 g/mol. The standard InChI is InChI=1S/C17H27NO3/c1-3-9-20-10-11-21-17(13-18-15-7-8-15)14-5-4-6-16(12-14)19-2/h4-6,12,15,17-18H,3,7-11,13H2,1-2H3. The van der Waals surface area contributed by atoms with Gasteiger partial charge in [0.05, 0.1) is 26.4 Å². The molecule has 1 N–H and O–H groups in total. The van der Waals surface area contributed by atoms with Crippen LogP contribution in [0.2, 0.25) is 0 Å². The highest BCUT2D eigenvalue weighted by molar-refractivity contribution is 5.30. The first-order valence-corrected chi connectivity index (χ1v) is 7.90. The molecule has 0 bridgehead atoms. The summed E-state index contributed by atoms with van der Waals surface area (Å²) in [6, 6.07) is 8.79. The van der Waals surface area contributed by atoms with Crippen molar-refractivity contribution < 1.29 is 14.2 Å². The summed E-state index contributed by atoms with van der Waals surface area (Å²) in [6.07, 6.45) is 3.66. The van der Waals surface area contributed by atoms with Gasteiger partial charge in [0.1, 0.15) is 5.75 Å². The van der Waals surface area contributed by atoms with E-state index < -0.39 is 0 Å². The predicted octanol–water partition coefficient (Wildman–Crippen LogP) is 2.93. The molecule has 0 spiro atoms. The van der Waals surface area contributed by atoms with Crippen molar-refractivity contribution in [2.24, 2.45) is 0 Å². The van der Waals surface area contributed by atoms with E-state index in [2.05, 4.69) is 18.3 Å². The molecule has 4 heteroatoms. The van der Waals surface area contributed by atoms with Gasteiger partial charge in [0.15, 0.2) is 0 Å². The Bertz CT molecular complexity index is 407. The second-order valence-electron chi connectivity index (χ2n) is 5.43. The maximum absolute atomic E-state index is 6.01. The first kappa shape index (κ1) is 16.3. The molecular formula is C17H27NO3. The first-order valence-electron chi connectivity index (χ1n) is 7.90. The van der Waals surface area contributed by atoms with Crippen molar-refractivity contribution in [2.45, 2.75) is 38.3 Å². The van der Waals surface area contributed by atoms with Crippen molar-refractivity contribution in [3.63, 3.8) is 0 Å². The maximum Gasteiger partial charge on any atom is 0.119 e. The number of benzene rings is 1. The zero-order valence-corrected chi connectivity index (χ0v) is 13.1. The van der Waals surface area contributed by atoms with E-state index >= 15 is 0 Å². The van der Waals surface area contributed by atoms with Crippen LogP contribution < -0.4 is 10.1 Å². The maximum atomic E-state index is 6.01. The molecule has 2 rings (SSSR count). The second kappa shape index (κ2) is 9.03. The largest absolute Gasteiger partial charge is 0.497 e. The van der Waals surface area contributed by atoms with Gasteiger partial charge in [-0.2, -0.15) is 0 Å². The SMILES string of the molecule is CCCOCCOC(CNC1CC1)c1cccc(OC)c1. The molecule has 21 heavy (non-hydrogen) atoms. The zero-order valence-electron chi connectivity index (χ0n) is 13.1. The highest BCUT2D eigenvalue weighted by atomic mass is 16.5. The highest BCUT2D eigenvalue weighted by Gasteiger charge is 2.23. The Morgan fingerprint density at radius 1 is 1.24 bits per heavy atom. The van der Waals surface area contributed by atoms with Crippen LogP contribution in [0.5, 0.6) is 5.75 Å². The minimum atomic E-state index is 0.0472. The van der Waals surface area contributed by atoms with Gasteiger partial charge in [-0.1, -0.05) is 19.1 Å². The quantitative estimate of drug-likeness (QED) is 0.637. The molecule has 0 amide bonds. The van der Waals surface area contributed by atoms with Crippen molar-refractivity contribution in [3.05, 3.63) is 29.8 Å². The Hall–Kier alpha value is -1.10. The number of methoxy groups -OCH3 is 1. The molecule has 1 saturated carbocycles. The van der Waals surface area contributed by atoms with Gasteiger partial charge in [-0.05, 0) is 37.0 Å². The number of hydrogen-bond donors (Lipinski definition) is 1. The molecule has 0 aliphatic heterocycles. The van der Waals surface area contributed by atoms with Crippen molar-refractivity contribution in [2.75, 3.05) is 33.5 Å². The lowest BCUT2D eigenvalue weighted by Gasteiger charge is -2.19. The summed E-state index contributed by atoms with van der Waals surface area (Å²) in [4.78, 5) is 0. The topological polar surface area (TPSA) is 39.7 Å². The summed E-state index contributed by atoms with van der Waals surface area (Å²) in [6.45, 7) is 5.02. The minimum Gasteiger partial charge on any atom is -0.497 e. The lowest BCUT2D eigenvalue weighted by atomic mass is 10.1. The fraction of sp³-hybridized carbons (Fsp3) is 0.647. The van der Waals surface area contributed by atoms with E-state index in [1.165, 1.54) is 12.8 Å². The summed E-state index contributed by atoms with van der Waals surface area (Å²) in [5.74, 6) is 0.870. The minimum absolute atomic E-state index is 0.0472. The van der Waals surface area contributed by atoms with Gasteiger partial charge in [-0.3, -0.25) is 0 Å². The van der Waals surface area contributed by atoms with Crippen LogP contribution >= 0.6 is 0 Å². The van der Waals surface area contributed by atoms with Crippen LogP contribution in [0, 0.1) is 0 Å². The number of hydrogen-bond acceptors (Lipinski definition) is 4. The number of ether oxygens (including phenoxy) is 3. The molecule has 0 radical (unpaired) electrons. The van der Waals surface area contributed by atoms with E-state index in [0.717, 1.165) is 30.9 Å². The summed E-state index contributed by atoms with van der Waals surface area (Å²) in [7, 11) is 1.69. The molecule has 1 fully saturated rings. The summed E-state index contributed by atoms with van der Waals surface area (Å²) in [5, 5.41) is 3.54. The van der Waals surface area contributed by atoms with Gasteiger partial charge < -0.3 is 19.5 Å². The third-order valence-electron chi connectivity index (χ3n) is 3.53. The average molecular weight is 293 g/mol. The molecule has 1 aliphatic carbocycles. The molecule has 1 atom stereocenters. The lowest BCUT2D eigenvalue weighted by Crippen LogP contribution is -2.26. The molecule has 0 aromatic heterocycles. The first-order chi connectivity index (χ1) is 10.3. The Labute approximate surface area is 127 Å². The number of rotatable bonds is 11. The predicted molar refractivity (Wildman–Crippen MR) is 83.8 cm³/mol. The zero-order chi connectivity index (χ0) is 14.9. The Morgan fingerprint density at radius 2 is 2.10 bits per heavy atom. The van der Waals surface area contributed by atoms with Gasteiger partial charge in [0, 0.05) is 19.2 Å². The van der Waals surface area contributed by atoms with E-state index in [-0.39, 0.29) is 6.10 Å². The molecule has 118 valence electrons. The van der Waals surface area contributed by atoms with Gasteiger partial charge in [-0.15, -0.1) is 0 Å². The van der Waals surface area contributed by atoms with Crippen molar-refractivity contribution in [1.29, 1.82) is 0 Å².